The van der Waals surface area contributed by atoms with Gasteiger partial charge in [0.05, 0.1) is 6.61 Å². The van der Waals surface area contributed by atoms with Crippen LogP contribution >= 0.6 is 15.9 Å². The highest BCUT2D eigenvalue weighted by Gasteiger charge is 2.57. The molecule has 0 amide bonds. The summed E-state index contributed by atoms with van der Waals surface area (Å²) in [6, 6.07) is 4.48. The average Bonchev–Trinajstić information content (AvgIpc) is 2.21. The van der Waals surface area contributed by atoms with E-state index >= 15 is 0 Å². The van der Waals surface area contributed by atoms with Crippen LogP contribution in [0.2, 0.25) is 0 Å². The number of hydrogen-bond donors (Lipinski definition) is 1. The van der Waals surface area contributed by atoms with Crippen LogP contribution in [0.15, 0.2) is 22.7 Å². The largest absolute Gasteiger partial charge is 0.455 e. The minimum atomic E-state index is -5.61. The average molecular weight is 334 g/mol. The Morgan fingerprint density at radius 2 is 1.78 bits per heavy atom. The highest BCUT2D eigenvalue weighted by atomic mass is 79.9. The third-order valence-corrected chi connectivity index (χ3v) is 2.75. The third kappa shape index (κ3) is 3.81. The highest BCUT2D eigenvalue weighted by molar-refractivity contribution is 9.10. The second-order valence-electron chi connectivity index (χ2n) is 3.55. The number of nitrogens with two attached hydrogens (primary N) is 1. The van der Waals surface area contributed by atoms with Crippen molar-refractivity contribution in [3.63, 3.8) is 0 Å². The number of ether oxygens (including phenoxy) is 1. The first-order valence-corrected chi connectivity index (χ1v) is 5.49. The Morgan fingerprint density at radius 1 is 1.17 bits per heavy atom. The van der Waals surface area contributed by atoms with Gasteiger partial charge in [-0.25, -0.2) is 0 Å². The van der Waals surface area contributed by atoms with Gasteiger partial charge in [-0.05, 0) is 33.6 Å². The first kappa shape index (κ1) is 15.2. The molecule has 0 aliphatic carbocycles. The Kier molecular flexibility index (Phi) is 4.55. The zero-order valence-corrected chi connectivity index (χ0v) is 10.5. The van der Waals surface area contributed by atoms with E-state index in [9.17, 15) is 22.0 Å². The van der Waals surface area contributed by atoms with E-state index < -0.39 is 18.7 Å². The molecule has 0 spiro atoms. The first-order chi connectivity index (χ1) is 8.13. The van der Waals surface area contributed by atoms with E-state index in [-0.39, 0.29) is 6.61 Å². The van der Waals surface area contributed by atoms with Gasteiger partial charge in [0, 0.05) is 10.2 Å². The van der Waals surface area contributed by atoms with E-state index in [0.717, 1.165) is 0 Å². The lowest BCUT2D eigenvalue weighted by Gasteiger charge is -2.19. The molecule has 0 heterocycles. The van der Waals surface area contributed by atoms with Crippen LogP contribution in [-0.4, -0.2) is 18.7 Å². The normalized spacial score (nSPS) is 12.8. The van der Waals surface area contributed by atoms with Gasteiger partial charge in [-0.2, -0.15) is 22.0 Å². The highest BCUT2D eigenvalue weighted by Crippen LogP contribution is 2.35. The molecule has 1 aromatic carbocycles. The molecule has 0 bridgehead atoms. The molecule has 8 heteroatoms. The number of alkyl halides is 5. The second kappa shape index (κ2) is 5.40. The standard InChI is InChI=1S/C10H9BrF5NO/c11-7-2-1-6(3-8(7)17)4-18-5-9(12,13)10(14,15)16/h1-3H,4-5,17H2. The summed E-state index contributed by atoms with van der Waals surface area (Å²) in [6.07, 6.45) is -5.61. The number of benzene rings is 1. The topological polar surface area (TPSA) is 35.2 Å². The van der Waals surface area contributed by atoms with Crippen LogP contribution in [0.3, 0.4) is 0 Å². The van der Waals surface area contributed by atoms with Crippen molar-refractivity contribution in [3.05, 3.63) is 28.2 Å². The number of halogens is 6. The van der Waals surface area contributed by atoms with Gasteiger partial charge in [-0.3, -0.25) is 0 Å². The van der Waals surface area contributed by atoms with Gasteiger partial charge in [-0.1, -0.05) is 6.07 Å². The fraction of sp³-hybridized carbons (Fsp3) is 0.400. The van der Waals surface area contributed by atoms with Crippen LogP contribution in [-0.2, 0) is 11.3 Å². The van der Waals surface area contributed by atoms with E-state index in [1.165, 1.54) is 12.1 Å². The Bertz CT molecular complexity index is 421. The minimum absolute atomic E-state index is 0.346. The minimum Gasteiger partial charge on any atom is -0.398 e. The lowest BCUT2D eigenvalue weighted by atomic mass is 10.2. The van der Waals surface area contributed by atoms with Gasteiger partial charge in [0.1, 0.15) is 6.61 Å². The molecule has 102 valence electrons. The van der Waals surface area contributed by atoms with E-state index in [4.69, 9.17) is 5.73 Å². The van der Waals surface area contributed by atoms with Gasteiger partial charge < -0.3 is 10.5 Å². The van der Waals surface area contributed by atoms with Crippen molar-refractivity contribution >= 4 is 21.6 Å². The summed E-state index contributed by atoms with van der Waals surface area (Å²) in [5.41, 5.74) is 6.27. The maximum Gasteiger partial charge on any atom is 0.455 e. The molecule has 0 fully saturated rings. The molecule has 18 heavy (non-hydrogen) atoms. The van der Waals surface area contributed by atoms with Crippen LogP contribution in [0.4, 0.5) is 27.6 Å². The molecule has 2 nitrogen and oxygen atoms in total. The third-order valence-electron chi connectivity index (χ3n) is 2.03. The smallest absolute Gasteiger partial charge is 0.398 e. The zero-order valence-electron chi connectivity index (χ0n) is 8.90. The molecule has 0 unspecified atom stereocenters. The van der Waals surface area contributed by atoms with Gasteiger partial charge in [0.2, 0.25) is 0 Å². The fourth-order valence-electron chi connectivity index (χ4n) is 1.06. The number of anilines is 1. The Labute approximate surface area is 108 Å². The summed E-state index contributed by atoms with van der Waals surface area (Å²) in [5, 5.41) is 0. The van der Waals surface area contributed by atoms with Crippen molar-refractivity contribution in [1.82, 2.24) is 0 Å². The quantitative estimate of drug-likeness (QED) is 0.672. The molecule has 0 radical (unpaired) electrons. The van der Waals surface area contributed by atoms with Crippen molar-refractivity contribution in [1.29, 1.82) is 0 Å². The van der Waals surface area contributed by atoms with Crippen molar-refractivity contribution < 1.29 is 26.7 Å². The number of nitrogen functional groups attached to an aromatic ring is 1. The van der Waals surface area contributed by atoms with Gasteiger partial charge in [0.15, 0.2) is 0 Å². The predicted octanol–water partition coefficient (Wildman–Crippen LogP) is 3.75. The van der Waals surface area contributed by atoms with Crippen molar-refractivity contribution in [2.75, 3.05) is 12.3 Å². The predicted molar refractivity (Wildman–Crippen MR) is 59.2 cm³/mol. The molecule has 1 rings (SSSR count). The van der Waals surface area contributed by atoms with Crippen LogP contribution in [0.1, 0.15) is 5.56 Å². The van der Waals surface area contributed by atoms with Gasteiger partial charge in [0.25, 0.3) is 0 Å². The Balaban J connectivity index is 2.54. The lowest BCUT2D eigenvalue weighted by Crippen LogP contribution is -2.40. The van der Waals surface area contributed by atoms with E-state index in [2.05, 4.69) is 20.7 Å². The number of rotatable bonds is 4. The number of hydrogen-bond acceptors (Lipinski definition) is 2. The molecule has 2 N–H and O–H groups in total. The summed E-state index contributed by atoms with van der Waals surface area (Å²) in [6.45, 7) is -2.09. The lowest BCUT2D eigenvalue weighted by molar-refractivity contribution is -0.297. The zero-order chi connectivity index (χ0) is 14.0. The van der Waals surface area contributed by atoms with E-state index in [1.54, 1.807) is 6.07 Å². The summed E-state index contributed by atoms with van der Waals surface area (Å²) in [7, 11) is 0. The summed E-state index contributed by atoms with van der Waals surface area (Å²) < 4.78 is 65.4. The fourth-order valence-corrected chi connectivity index (χ4v) is 1.31. The summed E-state index contributed by atoms with van der Waals surface area (Å²) in [4.78, 5) is 0. The molecule has 1 aromatic rings. The van der Waals surface area contributed by atoms with Crippen molar-refractivity contribution in [2.45, 2.75) is 18.7 Å². The Morgan fingerprint density at radius 3 is 2.28 bits per heavy atom. The van der Waals surface area contributed by atoms with Crippen molar-refractivity contribution in [3.8, 4) is 0 Å². The van der Waals surface area contributed by atoms with Crippen LogP contribution in [0, 0.1) is 0 Å². The van der Waals surface area contributed by atoms with Crippen LogP contribution in [0.5, 0.6) is 0 Å². The molecule has 0 atom stereocenters. The van der Waals surface area contributed by atoms with Crippen LogP contribution in [0.25, 0.3) is 0 Å². The molecule has 0 saturated carbocycles. The molecule has 0 aromatic heterocycles. The maximum absolute atomic E-state index is 12.5. The van der Waals surface area contributed by atoms with Gasteiger partial charge in [-0.15, -0.1) is 0 Å². The molecule has 0 saturated heterocycles. The molecular weight excluding hydrogens is 325 g/mol. The molecular formula is C10H9BrF5NO. The first-order valence-electron chi connectivity index (χ1n) is 4.70. The van der Waals surface area contributed by atoms with Crippen LogP contribution < -0.4 is 5.73 Å². The summed E-state index contributed by atoms with van der Waals surface area (Å²) >= 11 is 3.12. The Hall–Kier alpha value is -0.890. The molecule has 0 aliphatic rings. The van der Waals surface area contributed by atoms with E-state index in [1.807, 2.05) is 0 Å². The summed E-state index contributed by atoms with van der Waals surface area (Å²) in [5.74, 6) is -4.85. The molecule has 0 aliphatic heterocycles. The monoisotopic (exact) mass is 333 g/mol. The van der Waals surface area contributed by atoms with E-state index in [0.29, 0.717) is 15.7 Å². The van der Waals surface area contributed by atoms with Crippen molar-refractivity contribution in [2.24, 2.45) is 0 Å². The SMILES string of the molecule is Nc1cc(COCC(F)(F)C(F)(F)F)ccc1Br. The van der Waals surface area contributed by atoms with Gasteiger partial charge >= 0.3 is 12.1 Å². The maximum atomic E-state index is 12.5. The second-order valence-corrected chi connectivity index (χ2v) is 4.41.